The lowest BCUT2D eigenvalue weighted by atomic mass is 10.2. The lowest BCUT2D eigenvalue weighted by Gasteiger charge is -1.96. The molecule has 3 heteroatoms. The first-order chi connectivity index (χ1) is 7.24. The van der Waals surface area contributed by atoms with Gasteiger partial charge in [-0.25, -0.2) is 0 Å². The predicted molar refractivity (Wildman–Crippen MR) is 59.0 cm³/mol. The number of nitrogens with two attached hydrogens (primary N) is 1. The predicted octanol–water partition coefficient (Wildman–Crippen LogP) is 1.57. The van der Waals surface area contributed by atoms with E-state index in [1.165, 1.54) is 0 Å². The topological polar surface area (TPSA) is 52.3 Å². The number of hydrogen-bond donors (Lipinski definition) is 1. The lowest BCUT2D eigenvalue weighted by Crippen LogP contribution is -2.01. The summed E-state index contributed by atoms with van der Waals surface area (Å²) in [7, 11) is 0. The van der Waals surface area contributed by atoms with Crippen LogP contribution in [0.2, 0.25) is 0 Å². The largest absolute Gasteiger partial charge is 0.465 e. The van der Waals surface area contributed by atoms with Gasteiger partial charge in [0.2, 0.25) is 0 Å². The van der Waals surface area contributed by atoms with Gasteiger partial charge in [-0.15, -0.1) is 0 Å². The highest BCUT2D eigenvalue weighted by molar-refractivity contribution is 5.72. The molecule has 78 valence electrons. The van der Waals surface area contributed by atoms with Gasteiger partial charge in [0.25, 0.3) is 0 Å². The van der Waals surface area contributed by atoms with Crippen molar-refractivity contribution in [3.05, 3.63) is 29.8 Å². The van der Waals surface area contributed by atoms with Crippen LogP contribution in [0.4, 0.5) is 5.69 Å². The quantitative estimate of drug-likeness (QED) is 0.451. The second-order valence-electron chi connectivity index (χ2n) is 2.87. The monoisotopic (exact) mass is 203 g/mol. The van der Waals surface area contributed by atoms with E-state index in [9.17, 15) is 4.79 Å². The van der Waals surface area contributed by atoms with Crippen molar-refractivity contribution in [1.29, 1.82) is 0 Å². The Morgan fingerprint density at radius 2 is 2.20 bits per heavy atom. The van der Waals surface area contributed by atoms with Crippen molar-refractivity contribution in [3.8, 4) is 11.8 Å². The number of nitrogen functional groups attached to an aromatic ring is 1. The number of para-hydroxylation sites is 1. The molecule has 0 aliphatic heterocycles. The van der Waals surface area contributed by atoms with E-state index in [2.05, 4.69) is 11.8 Å². The minimum Gasteiger partial charge on any atom is -0.465 e. The van der Waals surface area contributed by atoms with Crippen LogP contribution in [0.1, 0.15) is 18.9 Å². The number of carbonyl (C=O) groups excluding carboxylic acids is 1. The van der Waals surface area contributed by atoms with Gasteiger partial charge >= 0.3 is 5.97 Å². The molecule has 0 aliphatic rings. The highest BCUT2D eigenvalue weighted by atomic mass is 16.5. The molecule has 15 heavy (non-hydrogen) atoms. The number of carbonyl (C=O) groups is 1. The van der Waals surface area contributed by atoms with Crippen LogP contribution in [0.15, 0.2) is 24.3 Å². The van der Waals surface area contributed by atoms with E-state index in [1.807, 2.05) is 18.2 Å². The van der Waals surface area contributed by atoms with Crippen LogP contribution in [0.3, 0.4) is 0 Å². The fourth-order valence-electron chi connectivity index (χ4n) is 1.03. The SMILES string of the molecule is CCOC(=O)CC#Cc1ccccc1N. The Labute approximate surface area is 89.2 Å². The Bertz CT molecular complexity index is 402. The summed E-state index contributed by atoms with van der Waals surface area (Å²) >= 11 is 0. The second-order valence-corrected chi connectivity index (χ2v) is 2.87. The molecule has 0 saturated heterocycles. The maximum Gasteiger partial charge on any atom is 0.317 e. The normalized spacial score (nSPS) is 8.87. The molecule has 0 radical (unpaired) electrons. The molecular weight excluding hydrogens is 190 g/mol. The standard InChI is InChI=1S/C12H13NO2/c1-2-15-12(14)9-5-7-10-6-3-4-8-11(10)13/h3-4,6,8H,2,9,13H2,1H3. The molecule has 0 amide bonds. The van der Waals surface area contributed by atoms with E-state index in [4.69, 9.17) is 10.5 Å². The Hall–Kier alpha value is -1.95. The molecule has 1 aromatic carbocycles. The van der Waals surface area contributed by atoms with Crippen molar-refractivity contribution >= 4 is 11.7 Å². The summed E-state index contributed by atoms with van der Waals surface area (Å²) in [6.07, 6.45) is 0.0994. The van der Waals surface area contributed by atoms with Crippen molar-refractivity contribution in [2.75, 3.05) is 12.3 Å². The third-order valence-corrected chi connectivity index (χ3v) is 1.72. The minimum absolute atomic E-state index is 0.0994. The van der Waals surface area contributed by atoms with Gasteiger partial charge in [-0.3, -0.25) is 4.79 Å². The van der Waals surface area contributed by atoms with E-state index in [1.54, 1.807) is 13.0 Å². The molecule has 1 rings (SSSR count). The van der Waals surface area contributed by atoms with Crippen molar-refractivity contribution in [3.63, 3.8) is 0 Å². The minimum atomic E-state index is -0.306. The number of esters is 1. The van der Waals surface area contributed by atoms with Crippen LogP contribution in [0.5, 0.6) is 0 Å². The summed E-state index contributed by atoms with van der Waals surface area (Å²) in [6, 6.07) is 7.28. The fourth-order valence-corrected chi connectivity index (χ4v) is 1.03. The molecule has 0 atom stereocenters. The average molecular weight is 203 g/mol. The van der Waals surface area contributed by atoms with Crippen molar-refractivity contribution in [2.45, 2.75) is 13.3 Å². The van der Waals surface area contributed by atoms with Gasteiger partial charge in [0.1, 0.15) is 6.42 Å². The van der Waals surface area contributed by atoms with E-state index in [0.29, 0.717) is 12.3 Å². The Morgan fingerprint density at radius 3 is 2.87 bits per heavy atom. The van der Waals surface area contributed by atoms with Crippen LogP contribution in [0.25, 0.3) is 0 Å². The molecular formula is C12H13NO2. The van der Waals surface area contributed by atoms with Crippen LogP contribution < -0.4 is 5.73 Å². The first-order valence-electron chi connectivity index (χ1n) is 4.73. The number of anilines is 1. The maximum absolute atomic E-state index is 11.0. The number of benzene rings is 1. The zero-order valence-electron chi connectivity index (χ0n) is 8.62. The van der Waals surface area contributed by atoms with Gasteiger partial charge in [0.15, 0.2) is 0 Å². The van der Waals surface area contributed by atoms with E-state index >= 15 is 0 Å². The highest BCUT2D eigenvalue weighted by Gasteiger charge is 1.96. The number of hydrogen-bond acceptors (Lipinski definition) is 3. The Kier molecular flexibility index (Phi) is 4.24. The smallest absolute Gasteiger partial charge is 0.317 e. The lowest BCUT2D eigenvalue weighted by molar-refractivity contribution is -0.141. The zero-order valence-corrected chi connectivity index (χ0v) is 8.62. The molecule has 1 aromatic rings. The molecule has 0 fully saturated rings. The van der Waals surface area contributed by atoms with Gasteiger partial charge in [-0.1, -0.05) is 24.0 Å². The van der Waals surface area contributed by atoms with Gasteiger partial charge in [-0.05, 0) is 19.1 Å². The number of rotatable bonds is 2. The van der Waals surface area contributed by atoms with Crippen LogP contribution >= 0.6 is 0 Å². The molecule has 0 saturated carbocycles. The van der Waals surface area contributed by atoms with Crippen LogP contribution in [-0.4, -0.2) is 12.6 Å². The molecule has 0 aliphatic carbocycles. The Morgan fingerprint density at radius 1 is 1.47 bits per heavy atom. The first-order valence-corrected chi connectivity index (χ1v) is 4.73. The van der Waals surface area contributed by atoms with Gasteiger partial charge in [-0.2, -0.15) is 0 Å². The van der Waals surface area contributed by atoms with E-state index < -0.39 is 0 Å². The van der Waals surface area contributed by atoms with Gasteiger partial charge in [0.05, 0.1) is 6.61 Å². The zero-order chi connectivity index (χ0) is 11.1. The number of ether oxygens (including phenoxy) is 1. The van der Waals surface area contributed by atoms with Gasteiger partial charge in [0, 0.05) is 11.3 Å². The third-order valence-electron chi connectivity index (χ3n) is 1.72. The second kappa shape index (κ2) is 5.71. The van der Waals surface area contributed by atoms with Gasteiger partial charge < -0.3 is 10.5 Å². The van der Waals surface area contributed by atoms with E-state index in [-0.39, 0.29) is 12.4 Å². The molecule has 3 nitrogen and oxygen atoms in total. The summed E-state index contributed by atoms with van der Waals surface area (Å²) in [6.45, 7) is 2.15. The third kappa shape index (κ3) is 3.74. The molecule has 0 spiro atoms. The summed E-state index contributed by atoms with van der Waals surface area (Å²) in [5.74, 6) is 5.24. The summed E-state index contributed by atoms with van der Waals surface area (Å²) < 4.78 is 4.74. The maximum atomic E-state index is 11.0. The molecule has 0 aromatic heterocycles. The molecule has 2 N–H and O–H groups in total. The fraction of sp³-hybridized carbons (Fsp3) is 0.250. The Balaban J connectivity index is 2.59. The molecule has 0 bridgehead atoms. The van der Waals surface area contributed by atoms with E-state index in [0.717, 1.165) is 5.56 Å². The average Bonchev–Trinajstić information content (AvgIpc) is 2.21. The first kappa shape index (κ1) is 11.1. The summed E-state index contributed by atoms with van der Waals surface area (Å²) in [5, 5.41) is 0. The summed E-state index contributed by atoms with van der Waals surface area (Å²) in [5.41, 5.74) is 7.03. The van der Waals surface area contributed by atoms with Crippen LogP contribution in [-0.2, 0) is 9.53 Å². The van der Waals surface area contributed by atoms with Crippen LogP contribution in [0, 0.1) is 11.8 Å². The van der Waals surface area contributed by atoms with Crippen molar-refractivity contribution in [1.82, 2.24) is 0 Å². The highest BCUT2D eigenvalue weighted by Crippen LogP contribution is 2.07. The molecule has 0 heterocycles. The van der Waals surface area contributed by atoms with Crippen molar-refractivity contribution in [2.24, 2.45) is 0 Å². The molecule has 0 unspecified atom stereocenters. The summed E-state index contributed by atoms with van der Waals surface area (Å²) in [4.78, 5) is 11.0. The van der Waals surface area contributed by atoms with Crippen molar-refractivity contribution < 1.29 is 9.53 Å².